The fourth-order valence-electron chi connectivity index (χ4n) is 3.49. The highest BCUT2D eigenvalue weighted by molar-refractivity contribution is 7.91. The maximum Gasteiger partial charge on any atom is 0.178 e. The van der Waals surface area contributed by atoms with Gasteiger partial charge in [-0.1, -0.05) is 43.9 Å². The Labute approximate surface area is 121 Å². The van der Waals surface area contributed by atoms with E-state index >= 15 is 0 Å². The summed E-state index contributed by atoms with van der Waals surface area (Å²) in [6.07, 6.45) is 8.43. The third-order valence-corrected chi connectivity index (χ3v) is 6.41. The summed E-state index contributed by atoms with van der Waals surface area (Å²) < 4.78 is 24.3. The maximum absolute atomic E-state index is 12.1. The van der Waals surface area contributed by atoms with Crippen LogP contribution in [0.1, 0.15) is 56.6 Å². The summed E-state index contributed by atoms with van der Waals surface area (Å²) in [6, 6.07) is 8.26. The Morgan fingerprint density at radius 3 is 2.40 bits per heavy atom. The number of fused-ring (bicyclic) bond motifs is 1. The minimum absolute atomic E-state index is 0.206. The summed E-state index contributed by atoms with van der Waals surface area (Å²) in [7, 11) is -3.06. The van der Waals surface area contributed by atoms with E-state index in [-0.39, 0.29) is 11.8 Å². The van der Waals surface area contributed by atoms with Gasteiger partial charge in [0.2, 0.25) is 0 Å². The van der Waals surface area contributed by atoms with E-state index in [1.54, 1.807) is 6.07 Å². The van der Waals surface area contributed by atoms with Crippen molar-refractivity contribution < 1.29 is 8.42 Å². The van der Waals surface area contributed by atoms with Gasteiger partial charge >= 0.3 is 0 Å². The van der Waals surface area contributed by atoms with Crippen molar-refractivity contribution in [3.05, 3.63) is 29.8 Å². The first-order valence-corrected chi connectivity index (χ1v) is 9.40. The van der Waals surface area contributed by atoms with Crippen LogP contribution in [0.5, 0.6) is 0 Å². The molecule has 1 saturated carbocycles. The third kappa shape index (κ3) is 2.91. The van der Waals surface area contributed by atoms with Gasteiger partial charge in [-0.3, -0.25) is 0 Å². The summed E-state index contributed by atoms with van der Waals surface area (Å²) in [5.74, 6) is 0.272. The largest absolute Gasteiger partial charge is 0.307 e. The van der Waals surface area contributed by atoms with Gasteiger partial charge in [-0.25, -0.2) is 8.42 Å². The molecule has 1 aliphatic carbocycles. The molecule has 0 bridgehead atoms. The van der Waals surface area contributed by atoms with E-state index in [1.165, 1.54) is 38.5 Å². The van der Waals surface area contributed by atoms with Gasteiger partial charge in [-0.15, -0.1) is 0 Å². The van der Waals surface area contributed by atoms with Gasteiger partial charge < -0.3 is 5.32 Å². The Bertz CT molecular complexity index is 560. The molecule has 0 radical (unpaired) electrons. The van der Waals surface area contributed by atoms with Crippen LogP contribution in [0.3, 0.4) is 0 Å². The van der Waals surface area contributed by atoms with E-state index in [9.17, 15) is 8.42 Å². The molecule has 3 rings (SSSR count). The van der Waals surface area contributed by atoms with Gasteiger partial charge in [0.25, 0.3) is 0 Å². The molecule has 0 aromatic heterocycles. The van der Waals surface area contributed by atoms with Crippen molar-refractivity contribution in [1.29, 1.82) is 0 Å². The lowest BCUT2D eigenvalue weighted by Gasteiger charge is -2.30. The van der Waals surface area contributed by atoms with Crippen LogP contribution in [0.2, 0.25) is 0 Å². The van der Waals surface area contributed by atoms with E-state index in [0.717, 1.165) is 5.56 Å². The van der Waals surface area contributed by atoms with Crippen LogP contribution in [0, 0.1) is 0 Å². The summed E-state index contributed by atoms with van der Waals surface area (Å²) >= 11 is 0. The van der Waals surface area contributed by atoms with Crippen molar-refractivity contribution in [2.75, 3.05) is 5.75 Å². The lowest BCUT2D eigenvalue weighted by Crippen LogP contribution is -2.36. The highest BCUT2D eigenvalue weighted by Crippen LogP contribution is 2.33. The van der Waals surface area contributed by atoms with E-state index in [2.05, 4.69) is 5.32 Å². The predicted molar refractivity (Wildman–Crippen MR) is 80.5 cm³/mol. The van der Waals surface area contributed by atoms with Gasteiger partial charge in [-0.2, -0.15) is 0 Å². The SMILES string of the molecule is O=S1(=O)CCC(NC2CCCCCC2)c2ccccc21. The minimum Gasteiger partial charge on any atom is -0.307 e. The minimum atomic E-state index is -3.06. The molecule has 1 heterocycles. The molecule has 1 atom stereocenters. The Balaban J connectivity index is 1.81. The van der Waals surface area contributed by atoms with E-state index < -0.39 is 9.84 Å². The van der Waals surface area contributed by atoms with Gasteiger partial charge in [0.15, 0.2) is 9.84 Å². The number of benzene rings is 1. The zero-order chi connectivity index (χ0) is 14.0. The van der Waals surface area contributed by atoms with Crippen molar-refractivity contribution in [3.63, 3.8) is 0 Å². The fraction of sp³-hybridized carbons (Fsp3) is 0.625. The van der Waals surface area contributed by atoms with Crippen LogP contribution >= 0.6 is 0 Å². The van der Waals surface area contributed by atoms with Gasteiger partial charge in [0.1, 0.15) is 0 Å². The normalized spacial score (nSPS) is 26.7. The van der Waals surface area contributed by atoms with Crippen LogP contribution < -0.4 is 5.32 Å². The molecule has 0 amide bonds. The first-order chi connectivity index (χ1) is 9.67. The molecule has 1 fully saturated rings. The first kappa shape index (κ1) is 14.1. The number of hydrogen-bond donors (Lipinski definition) is 1. The van der Waals surface area contributed by atoms with Crippen LogP contribution in [0.25, 0.3) is 0 Å². The van der Waals surface area contributed by atoms with E-state index in [0.29, 0.717) is 17.4 Å². The second-order valence-electron chi connectivity index (χ2n) is 6.05. The summed E-state index contributed by atoms with van der Waals surface area (Å²) in [4.78, 5) is 0.539. The van der Waals surface area contributed by atoms with Crippen molar-refractivity contribution in [2.45, 2.75) is 61.9 Å². The molecule has 1 N–H and O–H groups in total. The number of sulfone groups is 1. The lowest BCUT2D eigenvalue weighted by atomic mass is 10.0. The van der Waals surface area contributed by atoms with Gasteiger partial charge in [0.05, 0.1) is 10.6 Å². The Kier molecular flexibility index (Phi) is 4.13. The Morgan fingerprint density at radius 2 is 1.65 bits per heavy atom. The highest BCUT2D eigenvalue weighted by atomic mass is 32.2. The number of hydrogen-bond acceptors (Lipinski definition) is 3. The first-order valence-electron chi connectivity index (χ1n) is 7.74. The Morgan fingerprint density at radius 1 is 0.950 bits per heavy atom. The fourth-order valence-corrected chi connectivity index (χ4v) is 5.11. The molecule has 3 nitrogen and oxygen atoms in total. The summed E-state index contributed by atoms with van der Waals surface area (Å²) in [6.45, 7) is 0. The van der Waals surface area contributed by atoms with Crippen LogP contribution in [-0.4, -0.2) is 20.2 Å². The standard InChI is InChI=1S/C16H23NO2S/c18-20(19)12-11-15(14-9-5-6-10-16(14)20)17-13-7-3-1-2-4-8-13/h5-6,9-10,13,15,17H,1-4,7-8,11-12H2. The predicted octanol–water partition coefficient (Wildman–Crippen LogP) is 3.22. The average Bonchev–Trinajstić information content (AvgIpc) is 2.71. The molecule has 1 unspecified atom stereocenters. The molecule has 110 valence electrons. The molecule has 1 aliphatic heterocycles. The Hall–Kier alpha value is -0.870. The van der Waals surface area contributed by atoms with Gasteiger partial charge in [-0.05, 0) is 30.9 Å². The van der Waals surface area contributed by atoms with Crippen LogP contribution in [-0.2, 0) is 9.84 Å². The van der Waals surface area contributed by atoms with Crippen molar-refractivity contribution in [2.24, 2.45) is 0 Å². The van der Waals surface area contributed by atoms with Crippen molar-refractivity contribution >= 4 is 9.84 Å². The molecule has 0 saturated heterocycles. The monoisotopic (exact) mass is 293 g/mol. The van der Waals surface area contributed by atoms with Crippen molar-refractivity contribution in [3.8, 4) is 0 Å². The molecule has 4 heteroatoms. The molecule has 1 aromatic rings. The summed E-state index contributed by atoms with van der Waals surface area (Å²) in [5.41, 5.74) is 0.975. The van der Waals surface area contributed by atoms with Crippen LogP contribution in [0.4, 0.5) is 0 Å². The van der Waals surface area contributed by atoms with Crippen LogP contribution in [0.15, 0.2) is 29.2 Å². The zero-order valence-electron chi connectivity index (χ0n) is 11.8. The molecule has 20 heavy (non-hydrogen) atoms. The third-order valence-electron chi connectivity index (χ3n) is 4.60. The smallest absolute Gasteiger partial charge is 0.178 e. The molecule has 1 aromatic carbocycles. The highest BCUT2D eigenvalue weighted by Gasteiger charge is 2.30. The maximum atomic E-state index is 12.1. The second-order valence-corrected chi connectivity index (χ2v) is 8.13. The summed E-state index contributed by atoms with van der Waals surface area (Å²) in [5, 5.41) is 3.73. The average molecular weight is 293 g/mol. The number of rotatable bonds is 2. The molecule has 0 spiro atoms. The van der Waals surface area contributed by atoms with E-state index in [4.69, 9.17) is 0 Å². The molecular weight excluding hydrogens is 270 g/mol. The lowest BCUT2D eigenvalue weighted by molar-refractivity contribution is 0.384. The topological polar surface area (TPSA) is 46.2 Å². The van der Waals surface area contributed by atoms with Gasteiger partial charge in [0, 0.05) is 12.1 Å². The quantitative estimate of drug-likeness (QED) is 0.852. The zero-order valence-corrected chi connectivity index (χ0v) is 12.7. The molecular formula is C16H23NO2S. The van der Waals surface area contributed by atoms with Crippen molar-refractivity contribution in [1.82, 2.24) is 5.32 Å². The second kappa shape index (κ2) is 5.86. The molecule has 2 aliphatic rings. The number of nitrogens with one attached hydrogen (secondary N) is 1. The van der Waals surface area contributed by atoms with E-state index in [1.807, 2.05) is 18.2 Å².